The summed E-state index contributed by atoms with van der Waals surface area (Å²) in [6.07, 6.45) is -5.08. The highest BCUT2D eigenvalue weighted by atomic mass is 19.4. The number of carboxylic acids is 1. The summed E-state index contributed by atoms with van der Waals surface area (Å²) >= 11 is 0. The zero-order chi connectivity index (χ0) is 14.2. The number of halogens is 3. The molecule has 0 aliphatic carbocycles. The van der Waals surface area contributed by atoms with E-state index in [1.807, 2.05) is 11.8 Å². The van der Waals surface area contributed by atoms with Crippen LogP contribution in [0.15, 0.2) is 0 Å². The Labute approximate surface area is 102 Å². The summed E-state index contributed by atoms with van der Waals surface area (Å²) < 4.78 is 31.7. The Morgan fingerprint density at radius 1 is 1.33 bits per heavy atom. The van der Waals surface area contributed by atoms with Crippen molar-refractivity contribution in [3.05, 3.63) is 0 Å². The van der Waals surface area contributed by atoms with Crippen LogP contribution in [0.1, 0.15) is 6.92 Å². The first-order valence-corrected chi connectivity index (χ1v) is 5.32. The van der Waals surface area contributed by atoms with Crippen molar-refractivity contribution in [2.45, 2.75) is 13.1 Å². The van der Waals surface area contributed by atoms with Crippen LogP contribution in [0.3, 0.4) is 0 Å². The first-order chi connectivity index (χ1) is 8.29. The van der Waals surface area contributed by atoms with Gasteiger partial charge in [-0.25, -0.2) is 9.59 Å². The number of nitrogens with one attached hydrogen (secondary N) is 2. The Morgan fingerprint density at radius 2 is 1.78 bits per heavy atom. The minimum atomic E-state index is -5.08. The number of carbonyl (C=O) groups is 2. The molecule has 106 valence electrons. The van der Waals surface area contributed by atoms with Gasteiger partial charge in [-0.3, -0.25) is 0 Å². The van der Waals surface area contributed by atoms with Crippen molar-refractivity contribution >= 4 is 12.0 Å². The lowest BCUT2D eigenvalue weighted by atomic mass is 10.4. The van der Waals surface area contributed by atoms with Crippen LogP contribution in [0.2, 0.25) is 0 Å². The van der Waals surface area contributed by atoms with Crippen LogP contribution in [-0.2, 0) is 4.79 Å². The molecule has 0 saturated carbocycles. The van der Waals surface area contributed by atoms with Crippen LogP contribution in [0.5, 0.6) is 0 Å². The molecule has 1 saturated heterocycles. The van der Waals surface area contributed by atoms with E-state index in [9.17, 15) is 18.0 Å². The van der Waals surface area contributed by atoms with E-state index in [4.69, 9.17) is 9.90 Å². The highest BCUT2D eigenvalue weighted by Crippen LogP contribution is 2.13. The highest BCUT2D eigenvalue weighted by Gasteiger charge is 2.38. The van der Waals surface area contributed by atoms with Crippen molar-refractivity contribution in [2.24, 2.45) is 0 Å². The number of alkyl halides is 3. The van der Waals surface area contributed by atoms with Crippen LogP contribution in [0.4, 0.5) is 18.0 Å². The zero-order valence-electron chi connectivity index (χ0n) is 9.88. The third kappa shape index (κ3) is 6.94. The largest absolute Gasteiger partial charge is 0.490 e. The Kier molecular flexibility index (Phi) is 7.10. The standard InChI is InChI=1S/C7H15N3O.C2HF3O2/c1-2-9-7(11)10-5-3-8-4-6-10;3-2(4,5)1(6)7/h8H,2-6H2,1H3,(H,9,11);(H,6,7). The second-order valence-corrected chi connectivity index (χ2v) is 3.38. The van der Waals surface area contributed by atoms with Gasteiger partial charge >= 0.3 is 18.2 Å². The molecule has 3 N–H and O–H groups in total. The SMILES string of the molecule is CCNC(=O)N1CCNCC1.O=C(O)C(F)(F)F. The predicted octanol–water partition coefficient (Wildman–Crippen LogP) is 0.254. The number of carboxylic acid groups (broad SMARTS) is 1. The molecule has 0 atom stereocenters. The molecule has 9 heteroatoms. The fourth-order valence-corrected chi connectivity index (χ4v) is 1.13. The average Bonchev–Trinajstić information content (AvgIpc) is 2.30. The van der Waals surface area contributed by atoms with Gasteiger partial charge < -0.3 is 20.6 Å². The monoisotopic (exact) mass is 271 g/mol. The molecule has 1 heterocycles. The Balaban J connectivity index is 0.000000360. The van der Waals surface area contributed by atoms with Gasteiger partial charge in [-0.05, 0) is 6.92 Å². The van der Waals surface area contributed by atoms with Gasteiger partial charge in [0.2, 0.25) is 0 Å². The Bertz CT molecular complexity index is 278. The Hall–Kier alpha value is -1.51. The topological polar surface area (TPSA) is 81.7 Å². The fraction of sp³-hybridized carbons (Fsp3) is 0.778. The van der Waals surface area contributed by atoms with Gasteiger partial charge in [-0.15, -0.1) is 0 Å². The lowest BCUT2D eigenvalue weighted by Gasteiger charge is -2.27. The molecule has 1 aliphatic rings. The number of rotatable bonds is 1. The van der Waals surface area contributed by atoms with Gasteiger partial charge in [-0.2, -0.15) is 13.2 Å². The van der Waals surface area contributed by atoms with Crippen LogP contribution in [-0.4, -0.2) is 60.9 Å². The maximum atomic E-state index is 11.2. The summed E-state index contributed by atoms with van der Waals surface area (Å²) in [5.74, 6) is -2.76. The molecule has 0 aromatic rings. The second-order valence-electron chi connectivity index (χ2n) is 3.38. The maximum Gasteiger partial charge on any atom is 0.490 e. The molecule has 18 heavy (non-hydrogen) atoms. The third-order valence-electron chi connectivity index (χ3n) is 1.97. The summed E-state index contributed by atoms with van der Waals surface area (Å²) in [7, 11) is 0. The molecule has 0 radical (unpaired) electrons. The minimum Gasteiger partial charge on any atom is -0.475 e. The minimum absolute atomic E-state index is 0.0639. The summed E-state index contributed by atoms with van der Waals surface area (Å²) in [5, 5.41) is 13.1. The summed E-state index contributed by atoms with van der Waals surface area (Å²) in [6.45, 7) is 6.12. The van der Waals surface area contributed by atoms with E-state index >= 15 is 0 Å². The number of urea groups is 1. The molecule has 1 rings (SSSR count). The predicted molar refractivity (Wildman–Crippen MR) is 57.2 cm³/mol. The summed E-state index contributed by atoms with van der Waals surface area (Å²) in [5.41, 5.74) is 0. The van der Waals surface area contributed by atoms with E-state index in [0.29, 0.717) is 6.54 Å². The molecular weight excluding hydrogens is 255 g/mol. The lowest BCUT2D eigenvalue weighted by Crippen LogP contribution is -2.50. The normalized spacial score (nSPS) is 15.4. The van der Waals surface area contributed by atoms with Crippen molar-refractivity contribution in [3.8, 4) is 0 Å². The molecule has 0 bridgehead atoms. The first kappa shape index (κ1) is 16.5. The van der Waals surface area contributed by atoms with Crippen molar-refractivity contribution in [2.75, 3.05) is 32.7 Å². The van der Waals surface area contributed by atoms with Gasteiger partial charge in [0.15, 0.2) is 0 Å². The van der Waals surface area contributed by atoms with Crippen LogP contribution < -0.4 is 10.6 Å². The molecule has 0 unspecified atom stereocenters. The van der Waals surface area contributed by atoms with Gasteiger partial charge in [0.1, 0.15) is 0 Å². The van der Waals surface area contributed by atoms with E-state index < -0.39 is 12.1 Å². The molecule has 1 aliphatic heterocycles. The van der Waals surface area contributed by atoms with Gasteiger partial charge in [-0.1, -0.05) is 0 Å². The Morgan fingerprint density at radius 3 is 2.11 bits per heavy atom. The van der Waals surface area contributed by atoms with Gasteiger partial charge in [0.05, 0.1) is 0 Å². The smallest absolute Gasteiger partial charge is 0.475 e. The van der Waals surface area contributed by atoms with Gasteiger partial charge in [0, 0.05) is 32.7 Å². The van der Waals surface area contributed by atoms with Crippen LogP contribution >= 0.6 is 0 Å². The number of nitrogens with zero attached hydrogens (tertiary/aromatic N) is 1. The van der Waals surface area contributed by atoms with Crippen LogP contribution in [0, 0.1) is 0 Å². The summed E-state index contributed by atoms with van der Waals surface area (Å²) in [4.78, 5) is 21.9. The molecule has 2 amide bonds. The molecule has 0 aromatic carbocycles. The number of hydrogen-bond donors (Lipinski definition) is 3. The quantitative estimate of drug-likeness (QED) is 0.638. The molecule has 0 spiro atoms. The van der Waals surface area contributed by atoms with Crippen molar-refractivity contribution in [1.82, 2.24) is 15.5 Å². The van der Waals surface area contributed by atoms with Crippen molar-refractivity contribution in [3.63, 3.8) is 0 Å². The van der Waals surface area contributed by atoms with E-state index in [0.717, 1.165) is 26.2 Å². The molecular formula is C9H16F3N3O3. The van der Waals surface area contributed by atoms with E-state index in [1.54, 1.807) is 0 Å². The number of hydrogen-bond acceptors (Lipinski definition) is 3. The number of piperazine rings is 1. The van der Waals surface area contributed by atoms with E-state index in [1.165, 1.54) is 0 Å². The van der Waals surface area contributed by atoms with Crippen molar-refractivity contribution in [1.29, 1.82) is 0 Å². The fourth-order valence-electron chi connectivity index (χ4n) is 1.13. The molecule has 6 nitrogen and oxygen atoms in total. The maximum absolute atomic E-state index is 11.2. The second kappa shape index (κ2) is 7.75. The number of amides is 2. The average molecular weight is 271 g/mol. The van der Waals surface area contributed by atoms with E-state index in [2.05, 4.69) is 10.6 Å². The first-order valence-electron chi connectivity index (χ1n) is 5.32. The number of carbonyl (C=O) groups excluding carboxylic acids is 1. The van der Waals surface area contributed by atoms with Gasteiger partial charge in [0.25, 0.3) is 0 Å². The highest BCUT2D eigenvalue weighted by molar-refractivity contribution is 5.74. The lowest BCUT2D eigenvalue weighted by molar-refractivity contribution is -0.192. The van der Waals surface area contributed by atoms with Crippen LogP contribution in [0.25, 0.3) is 0 Å². The van der Waals surface area contributed by atoms with E-state index in [-0.39, 0.29) is 6.03 Å². The number of aliphatic carboxylic acids is 1. The summed E-state index contributed by atoms with van der Waals surface area (Å²) in [6, 6.07) is 0.0639. The van der Waals surface area contributed by atoms with Crippen molar-refractivity contribution < 1.29 is 27.9 Å². The molecule has 0 aromatic heterocycles. The zero-order valence-corrected chi connectivity index (χ0v) is 9.88. The third-order valence-corrected chi connectivity index (χ3v) is 1.97. The molecule has 1 fully saturated rings.